The van der Waals surface area contributed by atoms with Gasteiger partial charge in [0.25, 0.3) is 5.91 Å². The van der Waals surface area contributed by atoms with Crippen LogP contribution < -0.4 is 15.8 Å². The molecule has 0 spiro atoms. The first-order chi connectivity index (χ1) is 8.52. The molecule has 1 saturated carbocycles. The van der Waals surface area contributed by atoms with Gasteiger partial charge in [0, 0.05) is 23.9 Å². The number of nitrogens with two attached hydrogens (primary N) is 1. The Morgan fingerprint density at radius 2 is 2.17 bits per heavy atom. The summed E-state index contributed by atoms with van der Waals surface area (Å²) in [7, 11) is 1.56. The number of carbonyl (C=O) groups excluding carboxylic acids is 1. The van der Waals surface area contributed by atoms with E-state index in [4.69, 9.17) is 10.5 Å². The molecule has 0 unspecified atom stereocenters. The Labute approximate surface area is 108 Å². The average Bonchev–Trinajstić information content (AvgIpc) is 2.32. The Kier molecular flexibility index (Phi) is 3.45. The summed E-state index contributed by atoms with van der Waals surface area (Å²) in [6.07, 6.45) is 3.64. The number of methoxy groups -OCH3 is 1. The smallest absolute Gasteiger partial charge is 0.251 e. The van der Waals surface area contributed by atoms with Gasteiger partial charge in [-0.3, -0.25) is 4.79 Å². The zero-order valence-corrected chi connectivity index (χ0v) is 11.0. The van der Waals surface area contributed by atoms with E-state index in [2.05, 4.69) is 12.2 Å². The summed E-state index contributed by atoms with van der Waals surface area (Å²) < 4.78 is 5.10. The molecule has 4 nitrogen and oxygen atoms in total. The molecule has 2 rings (SSSR count). The summed E-state index contributed by atoms with van der Waals surface area (Å²) in [6.45, 7) is 2.93. The van der Waals surface area contributed by atoms with Gasteiger partial charge in [-0.2, -0.15) is 0 Å². The van der Waals surface area contributed by atoms with Crippen molar-refractivity contribution in [2.24, 2.45) is 5.41 Å². The van der Waals surface area contributed by atoms with Gasteiger partial charge in [-0.15, -0.1) is 0 Å². The predicted molar refractivity (Wildman–Crippen MR) is 71.7 cm³/mol. The fourth-order valence-corrected chi connectivity index (χ4v) is 2.22. The maximum absolute atomic E-state index is 12.0. The number of anilines is 1. The average molecular weight is 248 g/mol. The molecule has 1 aliphatic carbocycles. The summed E-state index contributed by atoms with van der Waals surface area (Å²) in [5.41, 5.74) is 7.10. The predicted octanol–water partition coefficient (Wildman–Crippen LogP) is 2.20. The molecule has 98 valence electrons. The molecule has 0 saturated heterocycles. The molecule has 1 amide bonds. The van der Waals surface area contributed by atoms with Gasteiger partial charge >= 0.3 is 0 Å². The standard InChI is InChI=1S/C14H20N2O2/c1-14(4-3-5-14)9-16-13(17)10-6-11(15)8-12(7-10)18-2/h6-8H,3-5,9,15H2,1-2H3,(H,16,17). The number of nitrogens with one attached hydrogen (secondary N) is 1. The van der Waals surface area contributed by atoms with Crippen LogP contribution in [0.1, 0.15) is 36.5 Å². The minimum atomic E-state index is -0.0891. The van der Waals surface area contributed by atoms with Crippen LogP contribution in [-0.2, 0) is 0 Å². The summed E-state index contributed by atoms with van der Waals surface area (Å²) in [5.74, 6) is 0.517. The topological polar surface area (TPSA) is 64.3 Å². The van der Waals surface area contributed by atoms with E-state index in [-0.39, 0.29) is 11.3 Å². The lowest BCUT2D eigenvalue weighted by Crippen LogP contribution is -2.39. The van der Waals surface area contributed by atoms with Crippen molar-refractivity contribution in [2.45, 2.75) is 26.2 Å². The second-order valence-electron chi connectivity index (χ2n) is 5.34. The van der Waals surface area contributed by atoms with Crippen molar-refractivity contribution >= 4 is 11.6 Å². The van der Waals surface area contributed by atoms with Gasteiger partial charge in [-0.1, -0.05) is 13.3 Å². The third-order valence-corrected chi connectivity index (χ3v) is 3.66. The second-order valence-corrected chi connectivity index (χ2v) is 5.34. The highest BCUT2D eigenvalue weighted by Crippen LogP contribution is 2.39. The van der Waals surface area contributed by atoms with Gasteiger partial charge < -0.3 is 15.8 Å². The fourth-order valence-electron chi connectivity index (χ4n) is 2.22. The van der Waals surface area contributed by atoms with Crippen LogP contribution in [0.2, 0.25) is 0 Å². The van der Waals surface area contributed by atoms with Crippen molar-refractivity contribution in [1.29, 1.82) is 0 Å². The number of amides is 1. The zero-order chi connectivity index (χ0) is 13.2. The zero-order valence-electron chi connectivity index (χ0n) is 11.0. The largest absolute Gasteiger partial charge is 0.497 e. The van der Waals surface area contributed by atoms with Crippen LogP contribution in [0, 0.1) is 5.41 Å². The Bertz CT molecular complexity index is 453. The molecule has 3 N–H and O–H groups in total. The molecule has 0 bridgehead atoms. The van der Waals surface area contributed by atoms with Gasteiger partial charge in [-0.25, -0.2) is 0 Å². The Hall–Kier alpha value is -1.71. The van der Waals surface area contributed by atoms with E-state index >= 15 is 0 Å². The highest BCUT2D eigenvalue weighted by molar-refractivity contribution is 5.95. The van der Waals surface area contributed by atoms with Gasteiger partial charge in [0.15, 0.2) is 0 Å². The van der Waals surface area contributed by atoms with Crippen molar-refractivity contribution in [3.8, 4) is 5.75 Å². The van der Waals surface area contributed by atoms with E-state index in [9.17, 15) is 4.79 Å². The van der Waals surface area contributed by atoms with E-state index in [0.29, 0.717) is 17.0 Å². The van der Waals surface area contributed by atoms with E-state index in [1.807, 2.05) is 0 Å². The monoisotopic (exact) mass is 248 g/mol. The number of hydrogen-bond donors (Lipinski definition) is 2. The molecular formula is C14H20N2O2. The lowest BCUT2D eigenvalue weighted by molar-refractivity contribution is 0.0890. The first-order valence-corrected chi connectivity index (χ1v) is 6.25. The molecule has 1 aromatic rings. The van der Waals surface area contributed by atoms with Crippen molar-refractivity contribution < 1.29 is 9.53 Å². The quantitative estimate of drug-likeness (QED) is 0.803. The van der Waals surface area contributed by atoms with Crippen molar-refractivity contribution in [3.63, 3.8) is 0 Å². The molecule has 0 radical (unpaired) electrons. The lowest BCUT2D eigenvalue weighted by atomic mass is 9.70. The maximum Gasteiger partial charge on any atom is 0.251 e. The van der Waals surface area contributed by atoms with E-state index < -0.39 is 0 Å². The van der Waals surface area contributed by atoms with Crippen molar-refractivity contribution in [1.82, 2.24) is 5.32 Å². The number of carbonyl (C=O) groups is 1. The summed E-state index contributed by atoms with van der Waals surface area (Å²) in [5, 5.41) is 2.97. The number of ether oxygens (including phenoxy) is 1. The number of nitrogen functional groups attached to an aromatic ring is 1. The third kappa shape index (κ3) is 2.75. The molecular weight excluding hydrogens is 228 g/mol. The molecule has 0 aromatic heterocycles. The molecule has 4 heteroatoms. The summed E-state index contributed by atoms with van der Waals surface area (Å²) in [4.78, 5) is 12.0. The number of benzene rings is 1. The number of hydrogen-bond acceptors (Lipinski definition) is 3. The van der Waals surface area contributed by atoms with Crippen LogP contribution in [0.15, 0.2) is 18.2 Å². The van der Waals surface area contributed by atoms with Gasteiger partial charge in [0.1, 0.15) is 5.75 Å². The third-order valence-electron chi connectivity index (χ3n) is 3.66. The van der Waals surface area contributed by atoms with Gasteiger partial charge in [0.05, 0.1) is 7.11 Å². The number of rotatable bonds is 4. The molecule has 0 aliphatic heterocycles. The van der Waals surface area contributed by atoms with Crippen molar-refractivity contribution in [2.75, 3.05) is 19.4 Å². The first kappa shape index (κ1) is 12.7. The highest BCUT2D eigenvalue weighted by atomic mass is 16.5. The van der Waals surface area contributed by atoms with Gasteiger partial charge in [0.2, 0.25) is 0 Å². The molecule has 0 atom stereocenters. The molecule has 18 heavy (non-hydrogen) atoms. The first-order valence-electron chi connectivity index (χ1n) is 6.25. The Balaban J connectivity index is 2.01. The second kappa shape index (κ2) is 4.88. The van der Waals surface area contributed by atoms with Crippen LogP contribution >= 0.6 is 0 Å². The minimum absolute atomic E-state index is 0.0891. The fraction of sp³-hybridized carbons (Fsp3) is 0.500. The summed E-state index contributed by atoms with van der Waals surface area (Å²) >= 11 is 0. The van der Waals surface area contributed by atoms with Crippen LogP contribution in [0.3, 0.4) is 0 Å². The van der Waals surface area contributed by atoms with E-state index in [0.717, 1.165) is 6.54 Å². The lowest BCUT2D eigenvalue weighted by Gasteiger charge is -2.38. The van der Waals surface area contributed by atoms with E-state index in [1.54, 1.807) is 25.3 Å². The molecule has 1 aromatic carbocycles. The highest BCUT2D eigenvalue weighted by Gasteiger charge is 2.31. The van der Waals surface area contributed by atoms with Gasteiger partial charge in [-0.05, 0) is 30.4 Å². The molecule has 1 aliphatic rings. The minimum Gasteiger partial charge on any atom is -0.497 e. The SMILES string of the molecule is COc1cc(N)cc(C(=O)NCC2(C)CCC2)c1. The molecule has 0 heterocycles. The maximum atomic E-state index is 12.0. The van der Waals surface area contributed by atoms with Crippen molar-refractivity contribution in [3.05, 3.63) is 23.8 Å². The van der Waals surface area contributed by atoms with Crippen LogP contribution in [0.4, 0.5) is 5.69 Å². The normalized spacial score (nSPS) is 16.8. The van der Waals surface area contributed by atoms with Crippen LogP contribution in [0.5, 0.6) is 5.75 Å². The molecule has 1 fully saturated rings. The summed E-state index contributed by atoms with van der Waals surface area (Å²) in [6, 6.07) is 5.07. The van der Waals surface area contributed by atoms with Crippen LogP contribution in [-0.4, -0.2) is 19.6 Å². The van der Waals surface area contributed by atoms with Crippen LogP contribution in [0.25, 0.3) is 0 Å². The Morgan fingerprint density at radius 3 is 2.72 bits per heavy atom. The Morgan fingerprint density at radius 1 is 1.44 bits per heavy atom. The van der Waals surface area contributed by atoms with E-state index in [1.165, 1.54) is 19.3 Å².